The quantitative estimate of drug-likeness (QED) is 0.303. The van der Waals surface area contributed by atoms with Gasteiger partial charge in [0.2, 0.25) is 6.29 Å². The Balaban J connectivity index is 2.42. The highest BCUT2D eigenvalue weighted by Gasteiger charge is 2.32. The highest BCUT2D eigenvalue weighted by Crippen LogP contribution is 2.09. The molecule has 0 spiro atoms. The van der Waals surface area contributed by atoms with Crippen LogP contribution in [0.3, 0.4) is 0 Å². The van der Waals surface area contributed by atoms with Crippen LogP contribution in [0.1, 0.15) is 12.8 Å². The van der Waals surface area contributed by atoms with Crippen LogP contribution in [0, 0.1) is 5.41 Å². The van der Waals surface area contributed by atoms with Crippen LogP contribution in [0.15, 0.2) is 4.99 Å². The van der Waals surface area contributed by atoms with Gasteiger partial charge in [-0.25, -0.2) is 9.69 Å². The Morgan fingerprint density at radius 2 is 2.24 bits per heavy atom. The van der Waals surface area contributed by atoms with E-state index in [0.29, 0.717) is 19.4 Å². The number of nitrogens with one attached hydrogen (secondary N) is 2. The second-order valence-corrected chi connectivity index (χ2v) is 3.32. The summed E-state index contributed by atoms with van der Waals surface area (Å²) in [5.74, 6) is -0.709. The first-order chi connectivity index (χ1) is 8.06. The minimum Gasteiger partial charge on any atom is -0.370 e. The lowest BCUT2D eigenvalue weighted by molar-refractivity contribution is -0.120. The Morgan fingerprint density at radius 3 is 2.82 bits per heavy atom. The van der Waals surface area contributed by atoms with Crippen LogP contribution in [-0.4, -0.2) is 47.9 Å². The number of amides is 3. The van der Waals surface area contributed by atoms with Gasteiger partial charge in [-0.3, -0.25) is 15.0 Å². The minimum absolute atomic E-state index is 0.121. The summed E-state index contributed by atoms with van der Waals surface area (Å²) in [5, 5.41) is 9.47. The second-order valence-electron chi connectivity index (χ2n) is 3.32. The molecule has 91 valence electrons. The van der Waals surface area contributed by atoms with Gasteiger partial charge in [-0.05, 0) is 12.8 Å². The van der Waals surface area contributed by atoms with Gasteiger partial charge < -0.3 is 11.1 Å². The molecule has 1 rings (SSSR count). The molecular weight excluding hydrogens is 226 g/mol. The smallest absolute Gasteiger partial charge is 0.351 e. The van der Waals surface area contributed by atoms with Gasteiger partial charge in [0.15, 0.2) is 5.96 Å². The molecule has 8 heteroatoms. The predicted molar refractivity (Wildman–Crippen MR) is 59.4 cm³/mol. The fourth-order valence-corrected chi connectivity index (χ4v) is 1.31. The van der Waals surface area contributed by atoms with E-state index in [-0.39, 0.29) is 11.7 Å². The molecule has 3 amide bonds. The Bertz CT molecular complexity index is 390. The molecule has 0 unspecified atom stereocenters. The Labute approximate surface area is 97.4 Å². The standard InChI is InChI=1S/C9H12N5O3/c10-8(11)12-3-1-2-6-7(16)14(4-5-15)9(17)13-6/h1-4H2,(H4,10,11,12). The summed E-state index contributed by atoms with van der Waals surface area (Å²) in [6.45, 7) is 0.0198. The SMILES string of the molecule is N=C(N)NCCCC1=NC(=O)N(C[C]=O)C1=O. The van der Waals surface area contributed by atoms with Crippen molar-refractivity contribution >= 4 is 29.9 Å². The topological polar surface area (TPSA) is 129 Å². The summed E-state index contributed by atoms with van der Waals surface area (Å²) in [7, 11) is 0. The summed E-state index contributed by atoms with van der Waals surface area (Å²) in [6, 6.07) is -0.729. The Morgan fingerprint density at radius 1 is 1.53 bits per heavy atom. The summed E-state index contributed by atoms with van der Waals surface area (Å²) in [5.41, 5.74) is 5.19. The molecule has 0 aliphatic carbocycles. The number of guanidine groups is 1. The fourth-order valence-electron chi connectivity index (χ4n) is 1.31. The van der Waals surface area contributed by atoms with Gasteiger partial charge in [0.05, 0.1) is 6.54 Å². The van der Waals surface area contributed by atoms with E-state index < -0.39 is 18.5 Å². The number of aliphatic imine (C=N–C) groups is 1. The van der Waals surface area contributed by atoms with Crippen LogP contribution in [0.2, 0.25) is 0 Å². The van der Waals surface area contributed by atoms with E-state index in [1.165, 1.54) is 6.29 Å². The predicted octanol–water partition coefficient (Wildman–Crippen LogP) is -1.24. The van der Waals surface area contributed by atoms with Crippen LogP contribution in [0.4, 0.5) is 4.79 Å². The van der Waals surface area contributed by atoms with Crippen LogP contribution < -0.4 is 11.1 Å². The van der Waals surface area contributed by atoms with Crippen molar-refractivity contribution in [1.29, 1.82) is 5.41 Å². The van der Waals surface area contributed by atoms with Crippen molar-refractivity contribution in [2.75, 3.05) is 13.1 Å². The van der Waals surface area contributed by atoms with Gasteiger partial charge in [0.25, 0.3) is 5.91 Å². The van der Waals surface area contributed by atoms with E-state index in [4.69, 9.17) is 11.1 Å². The number of hydrogen-bond donors (Lipinski definition) is 3. The van der Waals surface area contributed by atoms with Crippen LogP contribution in [0.25, 0.3) is 0 Å². The minimum atomic E-state index is -0.729. The highest BCUT2D eigenvalue weighted by molar-refractivity contribution is 6.46. The molecule has 1 heterocycles. The molecule has 0 atom stereocenters. The van der Waals surface area contributed by atoms with Gasteiger partial charge in [0.1, 0.15) is 5.71 Å². The van der Waals surface area contributed by atoms with Crippen molar-refractivity contribution in [2.24, 2.45) is 10.7 Å². The first-order valence-electron chi connectivity index (χ1n) is 4.92. The lowest BCUT2D eigenvalue weighted by Crippen LogP contribution is -2.34. The molecule has 0 aromatic heterocycles. The maximum atomic E-state index is 11.5. The average Bonchev–Trinajstić information content (AvgIpc) is 2.52. The molecule has 17 heavy (non-hydrogen) atoms. The van der Waals surface area contributed by atoms with Crippen molar-refractivity contribution in [3.63, 3.8) is 0 Å². The van der Waals surface area contributed by atoms with E-state index in [1.54, 1.807) is 0 Å². The third-order valence-corrected chi connectivity index (χ3v) is 2.08. The molecular formula is C9H12N5O3. The number of rotatable bonds is 6. The average molecular weight is 238 g/mol. The number of hydrogen-bond acceptors (Lipinski definition) is 4. The van der Waals surface area contributed by atoms with Crippen molar-refractivity contribution in [2.45, 2.75) is 12.8 Å². The van der Waals surface area contributed by atoms with E-state index in [9.17, 15) is 14.4 Å². The monoisotopic (exact) mass is 238 g/mol. The molecule has 0 aromatic rings. The highest BCUT2D eigenvalue weighted by atomic mass is 16.2. The van der Waals surface area contributed by atoms with Gasteiger partial charge in [-0.2, -0.15) is 4.99 Å². The molecule has 0 saturated carbocycles. The lowest BCUT2D eigenvalue weighted by Gasteiger charge is -2.07. The molecule has 1 aliphatic rings. The van der Waals surface area contributed by atoms with E-state index in [0.717, 1.165) is 4.90 Å². The van der Waals surface area contributed by atoms with E-state index in [1.807, 2.05) is 0 Å². The normalized spacial score (nSPS) is 14.8. The third-order valence-electron chi connectivity index (χ3n) is 2.08. The zero-order chi connectivity index (χ0) is 12.8. The first-order valence-corrected chi connectivity index (χ1v) is 4.92. The van der Waals surface area contributed by atoms with Crippen LogP contribution in [0.5, 0.6) is 0 Å². The molecule has 1 radical (unpaired) electrons. The van der Waals surface area contributed by atoms with Gasteiger partial charge in [-0.1, -0.05) is 0 Å². The Kier molecular flexibility index (Phi) is 4.32. The van der Waals surface area contributed by atoms with E-state index in [2.05, 4.69) is 10.3 Å². The number of nitrogens with zero attached hydrogens (tertiary/aromatic N) is 2. The molecule has 4 N–H and O–H groups in total. The molecule has 8 nitrogen and oxygen atoms in total. The molecule has 0 fully saturated rings. The van der Waals surface area contributed by atoms with Gasteiger partial charge in [-0.15, -0.1) is 0 Å². The lowest BCUT2D eigenvalue weighted by atomic mass is 10.2. The molecule has 0 bridgehead atoms. The third kappa shape index (κ3) is 3.37. The summed E-state index contributed by atoms with van der Waals surface area (Å²) >= 11 is 0. The Hall–Kier alpha value is -2.25. The van der Waals surface area contributed by atoms with Crippen LogP contribution in [-0.2, 0) is 9.59 Å². The van der Waals surface area contributed by atoms with Crippen molar-refractivity contribution in [3.05, 3.63) is 0 Å². The summed E-state index contributed by atoms with van der Waals surface area (Å²) in [6.07, 6.45) is 2.28. The van der Waals surface area contributed by atoms with Crippen molar-refractivity contribution in [3.8, 4) is 0 Å². The number of urea groups is 1. The largest absolute Gasteiger partial charge is 0.370 e. The maximum Gasteiger partial charge on any atom is 0.351 e. The first kappa shape index (κ1) is 12.8. The van der Waals surface area contributed by atoms with Crippen molar-refractivity contribution in [1.82, 2.24) is 10.2 Å². The number of nitrogens with two attached hydrogens (primary N) is 1. The molecule has 0 saturated heterocycles. The zero-order valence-electron chi connectivity index (χ0n) is 9.02. The van der Waals surface area contributed by atoms with Crippen molar-refractivity contribution < 1.29 is 14.4 Å². The maximum absolute atomic E-state index is 11.5. The number of carbonyl (C=O) groups excluding carboxylic acids is 3. The van der Waals surface area contributed by atoms with Gasteiger partial charge >= 0.3 is 6.03 Å². The van der Waals surface area contributed by atoms with E-state index >= 15 is 0 Å². The van der Waals surface area contributed by atoms with Gasteiger partial charge in [0, 0.05) is 6.54 Å². The van der Waals surface area contributed by atoms with Crippen LogP contribution >= 0.6 is 0 Å². The molecule has 1 aliphatic heterocycles. The zero-order valence-corrected chi connectivity index (χ0v) is 9.02. The molecule has 0 aromatic carbocycles. The fraction of sp³-hybridized carbons (Fsp3) is 0.444. The summed E-state index contributed by atoms with van der Waals surface area (Å²) in [4.78, 5) is 37.1. The second kappa shape index (κ2) is 5.73. The number of carbonyl (C=O) groups is 2. The summed E-state index contributed by atoms with van der Waals surface area (Å²) < 4.78 is 0. The number of imide groups is 1.